The molecule has 0 amide bonds. The lowest BCUT2D eigenvalue weighted by molar-refractivity contribution is 0.372. The van der Waals surface area contributed by atoms with Crippen LogP contribution in [0.1, 0.15) is 0 Å². The highest BCUT2D eigenvalue weighted by atomic mass is 35.5. The Labute approximate surface area is 80.3 Å². The Kier molecular flexibility index (Phi) is 2.27. The van der Waals surface area contributed by atoms with Gasteiger partial charge in [0, 0.05) is 0 Å². The standard InChI is InChI=1S/C9H7ClN2O/c10-6-13-9-5-11-7-3-1-2-4-8(7)12-9/h1-5H,6H2. The summed E-state index contributed by atoms with van der Waals surface area (Å²) in [7, 11) is 0. The first kappa shape index (κ1) is 8.26. The zero-order chi connectivity index (χ0) is 9.10. The van der Waals surface area contributed by atoms with E-state index in [1.807, 2.05) is 24.3 Å². The molecule has 66 valence electrons. The second kappa shape index (κ2) is 3.58. The van der Waals surface area contributed by atoms with Gasteiger partial charge in [0.05, 0.1) is 17.2 Å². The lowest BCUT2D eigenvalue weighted by atomic mass is 10.3. The van der Waals surface area contributed by atoms with Gasteiger partial charge in [0.25, 0.3) is 0 Å². The number of benzene rings is 1. The third-order valence-corrected chi connectivity index (χ3v) is 1.74. The molecule has 0 aliphatic rings. The molecule has 4 heteroatoms. The van der Waals surface area contributed by atoms with Gasteiger partial charge in [-0.25, -0.2) is 9.97 Å². The summed E-state index contributed by atoms with van der Waals surface area (Å²) in [6.07, 6.45) is 1.56. The van der Waals surface area contributed by atoms with Gasteiger partial charge in [-0.2, -0.15) is 0 Å². The zero-order valence-electron chi connectivity index (χ0n) is 6.77. The second-order valence-corrected chi connectivity index (χ2v) is 2.67. The molecule has 0 saturated heterocycles. The van der Waals surface area contributed by atoms with E-state index in [1.54, 1.807) is 6.20 Å². The van der Waals surface area contributed by atoms with Crippen molar-refractivity contribution in [1.82, 2.24) is 9.97 Å². The lowest BCUT2D eigenvalue weighted by Gasteiger charge is -2.00. The fourth-order valence-electron chi connectivity index (χ4n) is 1.07. The molecule has 0 saturated carbocycles. The van der Waals surface area contributed by atoms with Crippen molar-refractivity contribution in [2.45, 2.75) is 0 Å². The Morgan fingerprint density at radius 3 is 2.77 bits per heavy atom. The molecule has 3 nitrogen and oxygen atoms in total. The lowest BCUT2D eigenvalue weighted by Crippen LogP contribution is -1.93. The van der Waals surface area contributed by atoms with Crippen LogP contribution in [0.3, 0.4) is 0 Å². The molecule has 0 aliphatic heterocycles. The molecule has 0 N–H and O–H groups in total. The minimum absolute atomic E-state index is 0.0903. The van der Waals surface area contributed by atoms with Crippen molar-refractivity contribution in [3.8, 4) is 5.88 Å². The average Bonchev–Trinajstić information content (AvgIpc) is 2.18. The number of ether oxygens (including phenoxy) is 1. The normalized spacial score (nSPS) is 10.2. The number of rotatable bonds is 2. The maximum atomic E-state index is 5.40. The minimum atomic E-state index is 0.0903. The molecule has 0 bridgehead atoms. The van der Waals surface area contributed by atoms with Gasteiger partial charge in [0.15, 0.2) is 6.07 Å². The summed E-state index contributed by atoms with van der Waals surface area (Å²) in [6, 6.07) is 7.68. The first-order valence-electron chi connectivity index (χ1n) is 3.81. The third-order valence-electron chi connectivity index (χ3n) is 1.63. The molecule has 0 spiro atoms. The third kappa shape index (κ3) is 1.70. The van der Waals surface area contributed by atoms with Crippen LogP contribution >= 0.6 is 11.6 Å². The SMILES string of the molecule is ClCOc1cnc2ccccc2n1. The molecular formula is C9H7ClN2O. The van der Waals surface area contributed by atoms with Gasteiger partial charge in [-0.3, -0.25) is 0 Å². The largest absolute Gasteiger partial charge is 0.460 e. The summed E-state index contributed by atoms with van der Waals surface area (Å²) >= 11 is 5.40. The van der Waals surface area contributed by atoms with Crippen LogP contribution in [0.4, 0.5) is 0 Å². The monoisotopic (exact) mass is 194 g/mol. The topological polar surface area (TPSA) is 35.0 Å². The van der Waals surface area contributed by atoms with Crippen molar-refractivity contribution in [2.75, 3.05) is 6.07 Å². The van der Waals surface area contributed by atoms with Gasteiger partial charge in [-0.15, -0.1) is 0 Å². The van der Waals surface area contributed by atoms with Crippen LogP contribution in [0.15, 0.2) is 30.5 Å². The first-order chi connectivity index (χ1) is 6.40. The molecule has 0 fully saturated rings. The van der Waals surface area contributed by atoms with Crippen LogP contribution < -0.4 is 4.74 Å². The van der Waals surface area contributed by atoms with Gasteiger partial charge in [-0.05, 0) is 12.1 Å². The van der Waals surface area contributed by atoms with E-state index in [-0.39, 0.29) is 6.07 Å². The van der Waals surface area contributed by atoms with Crippen LogP contribution in [0, 0.1) is 0 Å². The van der Waals surface area contributed by atoms with Gasteiger partial charge >= 0.3 is 0 Å². The zero-order valence-corrected chi connectivity index (χ0v) is 7.53. The molecule has 2 rings (SSSR count). The molecule has 2 aromatic rings. The summed E-state index contributed by atoms with van der Waals surface area (Å²) in [5, 5.41) is 0. The van der Waals surface area contributed by atoms with Crippen LogP contribution in [-0.2, 0) is 0 Å². The summed E-state index contributed by atoms with van der Waals surface area (Å²) < 4.78 is 5.01. The molecule has 1 aromatic carbocycles. The van der Waals surface area contributed by atoms with E-state index in [2.05, 4.69) is 9.97 Å². The number of halogens is 1. The molecule has 0 aliphatic carbocycles. The minimum Gasteiger partial charge on any atom is -0.460 e. The molecular weight excluding hydrogens is 188 g/mol. The number of hydrogen-bond acceptors (Lipinski definition) is 3. The average molecular weight is 195 g/mol. The van der Waals surface area contributed by atoms with Crippen LogP contribution in [0.5, 0.6) is 5.88 Å². The summed E-state index contributed by atoms with van der Waals surface area (Å²) in [4.78, 5) is 8.35. The van der Waals surface area contributed by atoms with Crippen molar-refractivity contribution in [2.24, 2.45) is 0 Å². The van der Waals surface area contributed by atoms with E-state index < -0.39 is 0 Å². The number of alkyl halides is 1. The fourth-order valence-corrected chi connectivity index (χ4v) is 1.18. The van der Waals surface area contributed by atoms with E-state index in [0.29, 0.717) is 5.88 Å². The van der Waals surface area contributed by atoms with Gasteiger partial charge in [-0.1, -0.05) is 23.7 Å². The summed E-state index contributed by atoms with van der Waals surface area (Å²) in [5.41, 5.74) is 1.66. The highest BCUT2D eigenvalue weighted by Crippen LogP contribution is 2.12. The number of nitrogens with zero attached hydrogens (tertiary/aromatic N) is 2. The Balaban J connectivity index is 2.49. The number of para-hydroxylation sites is 2. The quantitative estimate of drug-likeness (QED) is 0.688. The van der Waals surface area contributed by atoms with Crippen LogP contribution in [0.25, 0.3) is 11.0 Å². The van der Waals surface area contributed by atoms with Crippen molar-refractivity contribution < 1.29 is 4.74 Å². The first-order valence-corrected chi connectivity index (χ1v) is 4.34. The van der Waals surface area contributed by atoms with Crippen LogP contribution in [0.2, 0.25) is 0 Å². The molecule has 0 unspecified atom stereocenters. The predicted molar refractivity (Wildman–Crippen MR) is 50.9 cm³/mol. The van der Waals surface area contributed by atoms with Crippen molar-refractivity contribution in [3.63, 3.8) is 0 Å². The van der Waals surface area contributed by atoms with E-state index in [1.165, 1.54) is 0 Å². The van der Waals surface area contributed by atoms with Gasteiger partial charge < -0.3 is 4.74 Å². The van der Waals surface area contributed by atoms with Crippen molar-refractivity contribution in [1.29, 1.82) is 0 Å². The number of fused-ring (bicyclic) bond motifs is 1. The number of aromatic nitrogens is 2. The Morgan fingerprint density at radius 2 is 2.00 bits per heavy atom. The molecule has 1 heterocycles. The van der Waals surface area contributed by atoms with Gasteiger partial charge in [0.1, 0.15) is 0 Å². The highest BCUT2D eigenvalue weighted by Gasteiger charge is 1.97. The maximum Gasteiger partial charge on any atom is 0.234 e. The highest BCUT2D eigenvalue weighted by molar-refractivity contribution is 6.17. The fraction of sp³-hybridized carbons (Fsp3) is 0.111. The smallest absolute Gasteiger partial charge is 0.234 e. The van der Waals surface area contributed by atoms with Gasteiger partial charge in [0.2, 0.25) is 5.88 Å². The maximum absolute atomic E-state index is 5.40. The molecule has 13 heavy (non-hydrogen) atoms. The predicted octanol–water partition coefficient (Wildman–Crippen LogP) is 2.20. The molecule has 1 aromatic heterocycles. The Bertz CT molecular complexity index is 419. The summed E-state index contributed by atoms with van der Waals surface area (Å²) in [6.45, 7) is 0. The molecule has 0 radical (unpaired) electrons. The van der Waals surface area contributed by atoms with E-state index in [9.17, 15) is 0 Å². The van der Waals surface area contributed by atoms with E-state index >= 15 is 0 Å². The summed E-state index contributed by atoms with van der Waals surface area (Å²) in [5.74, 6) is 0.453. The Morgan fingerprint density at radius 1 is 1.23 bits per heavy atom. The van der Waals surface area contributed by atoms with E-state index in [0.717, 1.165) is 11.0 Å². The second-order valence-electron chi connectivity index (χ2n) is 2.45. The van der Waals surface area contributed by atoms with Crippen molar-refractivity contribution in [3.05, 3.63) is 30.5 Å². The molecule has 0 atom stereocenters. The van der Waals surface area contributed by atoms with Crippen LogP contribution in [-0.4, -0.2) is 16.0 Å². The number of hydrogen-bond donors (Lipinski definition) is 0. The van der Waals surface area contributed by atoms with E-state index in [4.69, 9.17) is 16.3 Å². The Hall–Kier alpha value is -1.35. The van der Waals surface area contributed by atoms with Crippen molar-refractivity contribution >= 4 is 22.6 Å².